The third-order valence-electron chi connectivity index (χ3n) is 9.36. The van der Waals surface area contributed by atoms with Crippen molar-refractivity contribution in [1.82, 2.24) is 9.80 Å². The molecule has 2 spiro atoms. The van der Waals surface area contributed by atoms with E-state index in [-0.39, 0.29) is 24.2 Å². The maximum atomic E-state index is 12.9. The van der Waals surface area contributed by atoms with E-state index in [4.69, 9.17) is 18.9 Å². The summed E-state index contributed by atoms with van der Waals surface area (Å²) in [6.45, 7) is 8.27. The maximum absolute atomic E-state index is 12.9. The molecule has 2 aromatic carbocycles. The topological polar surface area (TPSA) is 115 Å². The molecule has 1 atom stereocenters. The number of Topliss-reactive ketones (excluding diaryl/α,β-unsaturated/α-hetero) is 1. The van der Waals surface area contributed by atoms with Crippen LogP contribution in [0.15, 0.2) is 61.2 Å². The fourth-order valence-electron chi connectivity index (χ4n) is 6.82. The van der Waals surface area contributed by atoms with Gasteiger partial charge in [-0.05, 0) is 43.3 Å². The molecule has 4 heterocycles. The Balaban J connectivity index is 1.00. The average molecular weight is 617 g/mol. The molecule has 10 nitrogen and oxygen atoms in total. The van der Waals surface area contributed by atoms with Gasteiger partial charge in [0.2, 0.25) is 11.8 Å². The number of ketones is 1. The van der Waals surface area contributed by atoms with E-state index in [2.05, 4.69) is 6.58 Å². The van der Waals surface area contributed by atoms with Crippen LogP contribution in [0.1, 0.15) is 67.5 Å². The molecule has 2 saturated heterocycles. The number of carbonyl (C=O) groups excluding carboxylic acids is 3. The first-order valence-corrected chi connectivity index (χ1v) is 15.7. The number of rotatable bonds is 7. The minimum Gasteiger partial charge on any atom is -0.494 e. The van der Waals surface area contributed by atoms with Crippen molar-refractivity contribution < 1.29 is 38.4 Å². The third kappa shape index (κ3) is 6.42. The molecule has 2 aromatic rings. The largest absolute Gasteiger partial charge is 0.494 e. The van der Waals surface area contributed by atoms with Gasteiger partial charge in [0.1, 0.15) is 40.8 Å². The predicted molar refractivity (Wildman–Crippen MR) is 166 cm³/mol. The first kappa shape index (κ1) is 30.7. The lowest BCUT2D eigenvalue weighted by atomic mass is 9.81. The molecule has 10 heteroatoms. The number of hydrogen-bond donors (Lipinski definition) is 1. The fraction of sp³-hybridized carbons (Fsp3) is 0.457. The number of fused-ring (bicyclic) bond motifs is 2. The molecular formula is C35H40N2O8. The van der Waals surface area contributed by atoms with Crippen molar-refractivity contribution in [3.05, 3.63) is 72.3 Å². The normalized spacial score (nSPS) is 21.5. The number of amides is 2. The van der Waals surface area contributed by atoms with Crippen molar-refractivity contribution in [3.63, 3.8) is 0 Å². The number of aliphatic hydroxyl groups is 1. The molecule has 0 bridgehead atoms. The quantitative estimate of drug-likeness (QED) is 0.455. The highest BCUT2D eigenvalue weighted by atomic mass is 16.5. The first-order valence-electron chi connectivity index (χ1n) is 15.7. The lowest BCUT2D eigenvalue weighted by Crippen LogP contribution is -2.52. The zero-order chi connectivity index (χ0) is 31.6. The number of piperidine rings is 2. The van der Waals surface area contributed by atoms with E-state index in [0.717, 1.165) is 0 Å². The highest BCUT2D eigenvalue weighted by Crippen LogP contribution is 2.45. The van der Waals surface area contributed by atoms with Crippen LogP contribution < -0.4 is 18.9 Å². The smallest absolute Gasteiger partial charge is 0.246 e. The summed E-state index contributed by atoms with van der Waals surface area (Å²) in [7, 11) is 0. The highest BCUT2D eigenvalue weighted by Gasteiger charge is 2.45. The van der Waals surface area contributed by atoms with Gasteiger partial charge in [0.25, 0.3) is 0 Å². The Labute approximate surface area is 263 Å². The van der Waals surface area contributed by atoms with E-state index in [1.54, 1.807) is 46.2 Å². The summed E-state index contributed by atoms with van der Waals surface area (Å²) in [5, 5.41) is 10.9. The second-order valence-electron chi connectivity index (χ2n) is 12.2. The van der Waals surface area contributed by atoms with Crippen molar-refractivity contribution in [2.45, 2.75) is 62.8 Å². The van der Waals surface area contributed by atoms with Gasteiger partial charge in [-0.25, -0.2) is 0 Å². The Hall–Kier alpha value is -4.31. The Morgan fingerprint density at radius 1 is 0.933 bits per heavy atom. The van der Waals surface area contributed by atoms with Gasteiger partial charge < -0.3 is 33.9 Å². The lowest BCUT2D eigenvalue weighted by molar-refractivity contribution is -0.131. The van der Waals surface area contributed by atoms with Crippen LogP contribution in [-0.2, 0) is 9.59 Å². The Bertz CT molecular complexity index is 1500. The lowest BCUT2D eigenvalue weighted by Gasteiger charge is -2.45. The number of carbonyl (C=O) groups is 3. The predicted octanol–water partition coefficient (Wildman–Crippen LogP) is 4.41. The van der Waals surface area contributed by atoms with E-state index in [0.29, 0.717) is 105 Å². The van der Waals surface area contributed by atoms with Gasteiger partial charge in [-0.2, -0.15) is 0 Å². The zero-order valence-corrected chi connectivity index (χ0v) is 25.7. The van der Waals surface area contributed by atoms with Crippen molar-refractivity contribution in [1.29, 1.82) is 0 Å². The molecule has 4 aliphatic heterocycles. The van der Waals surface area contributed by atoms with Gasteiger partial charge in [-0.1, -0.05) is 6.58 Å². The fourth-order valence-corrected chi connectivity index (χ4v) is 6.82. The molecular weight excluding hydrogens is 576 g/mol. The van der Waals surface area contributed by atoms with Crippen LogP contribution in [0.3, 0.4) is 0 Å². The highest BCUT2D eigenvalue weighted by molar-refractivity contribution is 6.00. The first-order chi connectivity index (χ1) is 21.7. The number of hydrogen-bond acceptors (Lipinski definition) is 8. The minimum atomic E-state index is -0.662. The summed E-state index contributed by atoms with van der Waals surface area (Å²) < 4.78 is 24.3. The Morgan fingerprint density at radius 3 is 2.27 bits per heavy atom. The van der Waals surface area contributed by atoms with Gasteiger partial charge in [0, 0.05) is 82.1 Å². The van der Waals surface area contributed by atoms with Crippen molar-refractivity contribution in [2.75, 3.05) is 39.4 Å². The van der Waals surface area contributed by atoms with Gasteiger partial charge >= 0.3 is 0 Å². The molecule has 6 rings (SSSR count). The summed E-state index contributed by atoms with van der Waals surface area (Å²) in [5.41, 5.74) is 0.148. The van der Waals surface area contributed by atoms with E-state index in [1.807, 2.05) is 13.0 Å². The second kappa shape index (κ2) is 12.6. The average Bonchev–Trinajstić information content (AvgIpc) is 3.03. The van der Waals surface area contributed by atoms with Gasteiger partial charge in [-0.3, -0.25) is 14.4 Å². The van der Waals surface area contributed by atoms with E-state index < -0.39 is 17.3 Å². The molecule has 0 aromatic heterocycles. The van der Waals surface area contributed by atoms with E-state index in [1.165, 1.54) is 12.2 Å². The van der Waals surface area contributed by atoms with Crippen LogP contribution in [0.4, 0.5) is 0 Å². The van der Waals surface area contributed by atoms with Crippen LogP contribution in [-0.4, -0.2) is 83.1 Å². The van der Waals surface area contributed by atoms with Crippen LogP contribution >= 0.6 is 0 Å². The number of benzene rings is 2. The molecule has 0 radical (unpaired) electrons. The monoisotopic (exact) mass is 616 g/mol. The third-order valence-corrected chi connectivity index (χ3v) is 9.36. The summed E-state index contributed by atoms with van der Waals surface area (Å²) in [6.07, 6.45) is 7.02. The summed E-state index contributed by atoms with van der Waals surface area (Å²) in [4.78, 5) is 41.3. The molecule has 2 amide bonds. The van der Waals surface area contributed by atoms with Crippen LogP contribution in [0.25, 0.3) is 0 Å². The molecule has 0 saturated carbocycles. The summed E-state index contributed by atoms with van der Waals surface area (Å²) >= 11 is 0. The van der Waals surface area contributed by atoms with Gasteiger partial charge in [0.05, 0.1) is 24.7 Å². The minimum absolute atomic E-state index is 0.0544. The van der Waals surface area contributed by atoms with E-state index in [9.17, 15) is 19.5 Å². The molecule has 1 N–H and O–H groups in total. The molecule has 1 unspecified atom stereocenters. The second-order valence-corrected chi connectivity index (χ2v) is 12.2. The summed E-state index contributed by atoms with van der Waals surface area (Å²) in [5.74, 6) is 2.22. The maximum Gasteiger partial charge on any atom is 0.246 e. The number of ether oxygens (including phenoxy) is 4. The Morgan fingerprint density at radius 2 is 1.56 bits per heavy atom. The van der Waals surface area contributed by atoms with E-state index >= 15 is 0 Å². The Kier molecular flexibility index (Phi) is 8.59. The number of likely N-dealkylation sites (tertiary alicyclic amines) is 2. The van der Waals surface area contributed by atoms with Crippen LogP contribution in [0.2, 0.25) is 0 Å². The van der Waals surface area contributed by atoms with Crippen LogP contribution in [0.5, 0.6) is 23.0 Å². The number of aliphatic hydroxyl groups excluding tert-OH is 1. The molecule has 45 heavy (non-hydrogen) atoms. The molecule has 0 aliphatic carbocycles. The standard InChI is InChI=1S/C35H40N2O8/c1-3-32(40)36-15-11-34(12-16-36)22-29(39)27-10-8-25(21-31(27)45-34)43-19-5-6-33(41)37-17-13-35(14-18-37)23-28(38)26-9-7-24(42-4-2)20-30(26)44-35/h3,5-10,20-21,29,39H,1,4,11-19,22-23H2,2H3/b6-5+. The molecule has 4 aliphatic rings. The number of nitrogens with zero attached hydrogens (tertiary/aromatic N) is 2. The van der Waals surface area contributed by atoms with Crippen LogP contribution in [0, 0.1) is 0 Å². The van der Waals surface area contributed by atoms with Crippen molar-refractivity contribution in [3.8, 4) is 23.0 Å². The zero-order valence-electron chi connectivity index (χ0n) is 25.7. The van der Waals surface area contributed by atoms with Gasteiger partial charge in [0.15, 0.2) is 5.78 Å². The molecule has 238 valence electrons. The van der Waals surface area contributed by atoms with Crippen molar-refractivity contribution >= 4 is 17.6 Å². The SMILES string of the molecule is C=CC(=O)N1CCC2(CC1)CC(O)c1ccc(OC/C=C/C(=O)N3CCC4(CC3)CC(=O)c3ccc(OCC)cc3O4)cc1O2. The van der Waals surface area contributed by atoms with Gasteiger partial charge in [-0.15, -0.1) is 0 Å². The van der Waals surface area contributed by atoms with Crippen molar-refractivity contribution in [2.24, 2.45) is 0 Å². The molecule has 2 fully saturated rings. The summed E-state index contributed by atoms with van der Waals surface area (Å²) in [6, 6.07) is 10.7.